The van der Waals surface area contributed by atoms with Gasteiger partial charge in [0.15, 0.2) is 0 Å². The maximum absolute atomic E-state index is 13.2. The third kappa shape index (κ3) is 8.65. The number of ether oxygens (including phenoxy) is 2. The highest BCUT2D eigenvalue weighted by Crippen LogP contribution is 2.12. The van der Waals surface area contributed by atoms with Crippen LogP contribution in [-0.4, -0.2) is 60.1 Å². The molecule has 0 bridgehead atoms. The molecular formula is C23H33FN2O4. The van der Waals surface area contributed by atoms with Gasteiger partial charge in [0.2, 0.25) is 0 Å². The van der Waals surface area contributed by atoms with Crippen molar-refractivity contribution in [3.05, 3.63) is 59.7 Å². The Bertz CT molecular complexity index is 748. The lowest BCUT2D eigenvalue weighted by atomic mass is 10.2. The van der Waals surface area contributed by atoms with E-state index in [4.69, 9.17) is 9.47 Å². The van der Waals surface area contributed by atoms with Gasteiger partial charge in [-0.05, 0) is 42.7 Å². The molecule has 0 aliphatic carbocycles. The van der Waals surface area contributed by atoms with Gasteiger partial charge in [-0.1, -0.05) is 19.1 Å². The van der Waals surface area contributed by atoms with Gasteiger partial charge in [-0.2, -0.15) is 0 Å². The summed E-state index contributed by atoms with van der Waals surface area (Å²) < 4.78 is 25.6. The normalized spacial score (nSPS) is 12.3. The Hall–Kier alpha value is -2.22. The molecule has 1 aromatic carbocycles. The van der Waals surface area contributed by atoms with E-state index in [2.05, 4.69) is 9.47 Å². The average Bonchev–Trinajstić information content (AvgIpc) is 3.15. The first-order valence-electron chi connectivity index (χ1n) is 10.4. The third-order valence-electron chi connectivity index (χ3n) is 4.76. The van der Waals surface area contributed by atoms with Crippen LogP contribution in [0.1, 0.15) is 37.4 Å². The molecule has 1 heterocycles. The first kappa shape index (κ1) is 24.1. The van der Waals surface area contributed by atoms with Gasteiger partial charge in [-0.3, -0.25) is 9.69 Å². The Morgan fingerprint density at radius 2 is 2.03 bits per heavy atom. The van der Waals surface area contributed by atoms with Crippen LogP contribution < -0.4 is 0 Å². The monoisotopic (exact) mass is 420 g/mol. The molecule has 30 heavy (non-hydrogen) atoms. The highest BCUT2D eigenvalue weighted by molar-refractivity contribution is 5.69. The minimum atomic E-state index is -0.756. The Kier molecular flexibility index (Phi) is 10.5. The highest BCUT2D eigenvalue weighted by atomic mass is 19.1. The molecular weight excluding hydrogens is 387 g/mol. The van der Waals surface area contributed by atoms with Gasteiger partial charge < -0.3 is 19.1 Å². The van der Waals surface area contributed by atoms with Gasteiger partial charge in [0.05, 0.1) is 0 Å². The van der Waals surface area contributed by atoms with Crippen molar-refractivity contribution in [1.82, 2.24) is 9.47 Å². The van der Waals surface area contributed by atoms with Crippen LogP contribution in [0.25, 0.3) is 0 Å². The number of aliphatic hydroxyl groups excluding tert-OH is 1. The molecule has 0 aliphatic rings. The second-order valence-electron chi connectivity index (χ2n) is 7.42. The van der Waals surface area contributed by atoms with Crippen molar-refractivity contribution in [2.75, 3.05) is 33.4 Å². The predicted molar refractivity (Wildman–Crippen MR) is 114 cm³/mol. The number of aliphatic hydroxyl groups is 1. The summed E-state index contributed by atoms with van der Waals surface area (Å²) in [6.07, 6.45) is 3.16. The van der Waals surface area contributed by atoms with Crippen molar-refractivity contribution in [3.8, 4) is 0 Å². The van der Waals surface area contributed by atoms with Gasteiger partial charge in [0, 0.05) is 58.2 Å². The zero-order valence-electron chi connectivity index (χ0n) is 17.9. The van der Waals surface area contributed by atoms with Gasteiger partial charge in [-0.15, -0.1) is 0 Å². The van der Waals surface area contributed by atoms with E-state index in [0.29, 0.717) is 32.7 Å². The zero-order chi connectivity index (χ0) is 21.8. The maximum Gasteiger partial charge on any atom is 0.305 e. The summed E-state index contributed by atoms with van der Waals surface area (Å²) >= 11 is 0. The van der Waals surface area contributed by atoms with Crippen LogP contribution >= 0.6 is 0 Å². The second kappa shape index (κ2) is 13.2. The van der Waals surface area contributed by atoms with E-state index in [1.807, 2.05) is 25.3 Å². The van der Waals surface area contributed by atoms with Gasteiger partial charge in [0.1, 0.15) is 18.5 Å². The number of hydrogen-bond acceptors (Lipinski definition) is 5. The van der Waals surface area contributed by atoms with Crippen molar-refractivity contribution in [2.45, 2.75) is 45.4 Å². The van der Waals surface area contributed by atoms with E-state index < -0.39 is 6.10 Å². The molecule has 0 saturated heterocycles. The number of benzene rings is 1. The minimum absolute atomic E-state index is 0.00377. The van der Waals surface area contributed by atoms with Crippen molar-refractivity contribution in [1.29, 1.82) is 0 Å². The topological polar surface area (TPSA) is 63.9 Å². The van der Waals surface area contributed by atoms with Crippen molar-refractivity contribution in [3.63, 3.8) is 0 Å². The number of hydrogen-bond donors (Lipinski definition) is 1. The van der Waals surface area contributed by atoms with Crippen LogP contribution in [0.3, 0.4) is 0 Å². The molecule has 0 radical (unpaired) electrons. The first-order chi connectivity index (χ1) is 14.5. The Morgan fingerprint density at radius 3 is 2.73 bits per heavy atom. The lowest BCUT2D eigenvalue weighted by Crippen LogP contribution is -2.36. The quantitative estimate of drug-likeness (QED) is 0.376. The lowest BCUT2D eigenvalue weighted by molar-refractivity contribution is -0.147. The van der Waals surface area contributed by atoms with E-state index in [1.165, 1.54) is 12.1 Å². The molecule has 0 saturated carbocycles. The molecule has 0 amide bonds. The molecule has 1 unspecified atom stereocenters. The SMILES string of the molecule is CCCC(=O)OCC(O)CN(CCCOC)Cc1cccn1Cc1ccc(F)cc1. The van der Waals surface area contributed by atoms with Crippen LogP contribution in [0.15, 0.2) is 42.6 Å². The molecule has 166 valence electrons. The molecule has 6 nitrogen and oxygen atoms in total. The minimum Gasteiger partial charge on any atom is -0.463 e. The summed E-state index contributed by atoms with van der Waals surface area (Å²) in [5, 5.41) is 10.4. The summed E-state index contributed by atoms with van der Waals surface area (Å²) in [5.74, 6) is -0.528. The van der Waals surface area contributed by atoms with Crippen LogP contribution in [0.2, 0.25) is 0 Å². The molecule has 0 spiro atoms. The van der Waals surface area contributed by atoms with Crippen LogP contribution in [0.5, 0.6) is 0 Å². The zero-order valence-corrected chi connectivity index (χ0v) is 17.9. The smallest absolute Gasteiger partial charge is 0.305 e. The van der Waals surface area contributed by atoms with Crippen molar-refractivity contribution in [2.24, 2.45) is 0 Å². The van der Waals surface area contributed by atoms with Gasteiger partial charge in [0.25, 0.3) is 0 Å². The maximum atomic E-state index is 13.2. The number of nitrogens with zero attached hydrogens (tertiary/aromatic N) is 2. The number of methoxy groups -OCH3 is 1. The number of esters is 1. The summed E-state index contributed by atoms with van der Waals surface area (Å²) in [6.45, 7) is 4.96. The summed E-state index contributed by atoms with van der Waals surface area (Å²) in [6, 6.07) is 10.5. The first-order valence-corrected chi connectivity index (χ1v) is 10.4. The highest BCUT2D eigenvalue weighted by Gasteiger charge is 2.16. The number of rotatable bonds is 14. The van der Waals surface area contributed by atoms with E-state index in [0.717, 1.165) is 30.6 Å². The summed E-state index contributed by atoms with van der Waals surface area (Å²) in [4.78, 5) is 13.7. The van der Waals surface area contributed by atoms with Crippen LogP contribution in [0, 0.1) is 5.82 Å². The average molecular weight is 421 g/mol. The van der Waals surface area contributed by atoms with Crippen molar-refractivity contribution < 1.29 is 23.8 Å². The molecule has 1 atom stereocenters. The standard InChI is InChI=1S/C23H33FN2O4/c1-3-6-23(28)30-18-22(27)17-25(12-5-14-29-2)16-21-7-4-13-26(21)15-19-8-10-20(24)11-9-19/h4,7-11,13,22,27H,3,5-6,12,14-18H2,1-2H3. The lowest BCUT2D eigenvalue weighted by Gasteiger charge is -2.25. The molecule has 1 N–H and O–H groups in total. The van der Waals surface area contributed by atoms with E-state index >= 15 is 0 Å². The van der Waals surface area contributed by atoms with Crippen LogP contribution in [0.4, 0.5) is 4.39 Å². The number of carbonyl (C=O) groups is 1. The fourth-order valence-electron chi connectivity index (χ4n) is 3.25. The number of aromatic nitrogens is 1. The largest absolute Gasteiger partial charge is 0.463 e. The van der Waals surface area contributed by atoms with Gasteiger partial charge >= 0.3 is 5.97 Å². The van der Waals surface area contributed by atoms with Crippen molar-refractivity contribution >= 4 is 5.97 Å². The Balaban J connectivity index is 1.97. The molecule has 7 heteroatoms. The van der Waals surface area contributed by atoms with E-state index in [1.54, 1.807) is 19.2 Å². The Morgan fingerprint density at radius 1 is 1.27 bits per heavy atom. The van der Waals surface area contributed by atoms with E-state index in [-0.39, 0.29) is 18.4 Å². The summed E-state index contributed by atoms with van der Waals surface area (Å²) in [7, 11) is 1.67. The molecule has 2 rings (SSSR count). The number of carbonyl (C=O) groups excluding carboxylic acids is 1. The summed E-state index contributed by atoms with van der Waals surface area (Å²) in [5.41, 5.74) is 2.11. The third-order valence-corrected chi connectivity index (χ3v) is 4.76. The van der Waals surface area contributed by atoms with E-state index in [9.17, 15) is 14.3 Å². The predicted octanol–water partition coefficient (Wildman–Crippen LogP) is 3.22. The second-order valence-corrected chi connectivity index (χ2v) is 7.42. The molecule has 0 aliphatic heterocycles. The molecule has 2 aromatic rings. The van der Waals surface area contributed by atoms with Gasteiger partial charge in [-0.25, -0.2) is 4.39 Å². The van der Waals surface area contributed by atoms with Crippen LogP contribution in [-0.2, 0) is 27.4 Å². The molecule has 0 fully saturated rings. The Labute approximate surface area is 178 Å². The fraction of sp³-hybridized carbons (Fsp3) is 0.522. The fourth-order valence-corrected chi connectivity index (χ4v) is 3.25. The number of halogens is 1. The molecule has 1 aromatic heterocycles.